The topological polar surface area (TPSA) is 84.5 Å². The Balaban J connectivity index is 1.61. The van der Waals surface area contributed by atoms with Gasteiger partial charge in [0.25, 0.3) is 5.91 Å². The minimum Gasteiger partial charge on any atom is -0.493 e. The largest absolute Gasteiger partial charge is 0.493 e. The van der Waals surface area contributed by atoms with Crippen molar-refractivity contribution in [2.24, 2.45) is 0 Å². The van der Waals surface area contributed by atoms with Crippen molar-refractivity contribution in [3.8, 4) is 5.75 Å². The lowest BCUT2D eigenvalue weighted by molar-refractivity contribution is 0.0925. The van der Waals surface area contributed by atoms with Gasteiger partial charge in [-0.3, -0.25) is 4.79 Å². The summed E-state index contributed by atoms with van der Waals surface area (Å²) in [5.74, 6) is 0.685. The van der Waals surface area contributed by atoms with Gasteiger partial charge in [0.2, 0.25) is 10.0 Å². The standard InChI is InChI=1S/C19H22N2O4S/c1-26(23,24)20-12-10-14-6-8-15(9-7-14)19(22)21-17-11-13-25-18-5-3-2-4-16(17)18/h2-9,17,20H,10-13H2,1H3,(H,21,22)/t17-/m1/s1. The number of ether oxygens (including phenoxy) is 1. The van der Waals surface area contributed by atoms with Gasteiger partial charge in [0.05, 0.1) is 18.9 Å². The molecule has 1 amide bonds. The monoisotopic (exact) mass is 374 g/mol. The number of benzene rings is 2. The minimum absolute atomic E-state index is 0.0638. The van der Waals surface area contributed by atoms with Crippen molar-refractivity contribution < 1.29 is 17.9 Å². The van der Waals surface area contributed by atoms with E-state index in [0.717, 1.165) is 29.6 Å². The quantitative estimate of drug-likeness (QED) is 0.810. The molecule has 2 aromatic rings. The summed E-state index contributed by atoms with van der Waals surface area (Å²) in [6.45, 7) is 0.914. The first-order chi connectivity index (χ1) is 12.4. The summed E-state index contributed by atoms with van der Waals surface area (Å²) in [5.41, 5.74) is 2.54. The summed E-state index contributed by atoms with van der Waals surface area (Å²) in [4.78, 5) is 12.5. The maximum atomic E-state index is 12.5. The molecule has 0 unspecified atom stereocenters. The normalized spacial score (nSPS) is 16.4. The van der Waals surface area contributed by atoms with Gasteiger partial charge in [0.1, 0.15) is 5.75 Å². The Morgan fingerprint density at radius 3 is 2.62 bits per heavy atom. The van der Waals surface area contributed by atoms with E-state index in [-0.39, 0.29) is 11.9 Å². The molecule has 2 N–H and O–H groups in total. The van der Waals surface area contributed by atoms with Gasteiger partial charge in [-0.1, -0.05) is 30.3 Å². The van der Waals surface area contributed by atoms with E-state index in [0.29, 0.717) is 25.1 Å². The lowest BCUT2D eigenvalue weighted by Crippen LogP contribution is -2.32. The van der Waals surface area contributed by atoms with Gasteiger partial charge in [-0.15, -0.1) is 0 Å². The molecule has 3 rings (SSSR count). The van der Waals surface area contributed by atoms with Crippen LogP contribution in [-0.2, 0) is 16.4 Å². The second-order valence-electron chi connectivity index (χ2n) is 6.31. The van der Waals surface area contributed by atoms with Crippen LogP contribution in [0.3, 0.4) is 0 Å². The summed E-state index contributed by atoms with van der Waals surface area (Å²) in [6, 6.07) is 14.9. The van der Waals surface area contributed by atoms with E-state index < -0.39 is 10.0 Å². The summed E-state index contributed by atoms with van der Waals surface area (Å²) >= 11 is 0. The van der Waals surface area contributed by atoms with Crippen molar-refractivity contribution in [1.29, 1.82) is 0 Å². The second kappa shape index (κ2) is 7.88. The molecule has 0 bridgehead atoms. The summed E-state index contributed by atoms with van der Waals surface area (Å²) in [5, 5.41) is 3.06. The van der Waals surface area contributed by atoms with E-state index in [9.17, 15) is 13.2 Å². The smallest absolute Gasteiger partial charge is 0.251 e. The van der Waals surface area contributed by atoms with E-state index in [1.807, 2.05) is 36.4 Å². The fraction of sp³-hybridized carbons (Fsp3) is 0.316. The zero-order valence-electron chi connectivity index (χ0n) is 14.6. The molecule has 0 saturated heterocycles. The Morgan fingerprint density at radius 1 is 1.15 bits per heavy atom. The first kappa shape index (κ1) is 18.4. The number of hydrogen-bond acceptors (Lipinski definition) is 4. The lowest BCUT2D eigenvalue weighted by Gasteiger charge is -2.26. The zero-order chi connectivity index (χ0) is 18.6. The Hall–Kier alpha value is -2.38. The molecule has 6 nitrogen and oxygen atoms in total. The van der Waals surface area contributed by atoms with Gasteiger partial charge in [0.15, 0.2) is 0 Å². The molecule has 138 valence electrons. The molecule has 0 spiro atoms. The van der Waals surface area contributed by atoms with E-state index in [1.165, 1.54) is 0 Å². The van der Waals surface area contributed by atoms with E-state index >= 15 is 0 Å². The van der Waals surface area contributed by atoms with Crippen LogP contribution in [0.4, 0.5) is 0 Å². The first-order valence-electron chi connectivity index (χ1n) is 8.48. The molecule has 0 fully saturated rings. The lowest BCUT2D eigenvalue weighted by atomic mass is 10.00. The van der Waals surface area contributed by atoms with Crippen LogP contribution >= 0.6 is 0 Å². The van der Waals surface area contributed by atoms with Gasteiger partial charge >= 0.3 is 0 Å². The van der Waals surface area contributed by atoms with Crippen molar-refractivity contribution in [3.63, 3.8) is 0 Å². The van der Waals surface area contributed by atoms with Crippen LogP contribution in [0.25, 0.3) is 0 Å². The molecule has 26 heavy (non-hydrogen) atoms. The highest BCUT2D eigenvalue weighted by molar-refractivity contribution is 7.88. The average Bonchev–Trinajstić information content (AvgIpc) is 2.61. The molecule has 2 aromatic carbocycles. The van der Waals surface area contributed by atoms with E-state index in [1.54, 1.807) is 12.1 Å². The van der Waals surface area contributed by atoms with Crippen LogP contribution in [0, 0.1) is 0 Å². The molecule has 0 saturated carbocycles. The van der Waals surface area contributed by atoms with Gasteiger partial charge in [-0.25, -0.2) is 13.1 Å². The van der Waals surface area contributed by atoms with Crippen LogP contribution in [-0.4, -0.2) is 33.7 Å². The summed E-state index contributed by atoms with van der Waals surface area (Å²) in [6.07, 6.45) is 2.44. The van der Waals surface area contributed by atoms with Crippen molar-refractivity contribution in [2.45, 2.75) is 18.9 Å². The van der Waals surface area contributed by atoms with Crippen LogP contribution in [0.2, 0.25) is 0 Å². The number of rotatable bonds is 6. The molecule has 0 radical (unpaired) electrons. The third-order valence-electron chi connectivity index (χ3n) is 4.26. The number of sulfonamides is 1. The highest BCUT2D eigenvalue weighted by Crippen LogP contribution is 2.31. The maximum absolute atomic E-state index is 12.5. The third-order valence-corrected chi connectivity index (χ3v) is 4.99. The third kappa shape index (κ3) is 4.83. The first-order valence-corrected chi connectivity index (χ1v) is 10.4. The number of carbonyl (C=O) groups is 1. The highest BCUT2D eigenvalue weighted by Gasteiger charge is 2.22. The fourth-order valence-corrected chi connectivity index (χ4v) is 3.41. The highest BCUT2D eigenvalue weighted by atomic mass is 32.2. The molecular formula is C19H22N2O4S. The van der Waals surface area contributed by atoms with Crippen molar-refractivity contribution in [3.05, 3.63) is 65.2 Å². The number of hydrogen-bond donors (Lipinski definition) is 2. The second-order valence-corrected chi connectivity index (χ2v) is 8.15. The predicted molar refractivity (Wildman–Crippen MR) is 99.8 cm³/mol. The van der Waals surface area contributed by atoms with Crippen molar-refractivity contribution in [1.82, 2.24) is 10.0 Å². The number of carbonyl (C=O) groups excluding carboxylic acids is 1. The molecule has 1 aliphatic heterocycles. The number of amides is 1. The zero-order valence-corrected chi connectivity index (χ0v) is 15.4. The predicted octanol–water partition coefficient (Wildman–Crippen LogP) is 2.03. The van der Waals surface area contributed by atoms with Crippen LogP contribution in [0.1, 0.15) is 33.9 Å². The molecule has 0 aliphatic carbocycles. The summed E-state index contributed by atoms with van der Waals surface area (Å²) < 4.78 is 30.2. The maximum Gasteiger partial charge on any atom is 0.251 e. The average molecular weight is 374 g/mol. The van der Waals surface area contributed by atoms with Crippen LogP contribution in [0.5, 0.6) is 5.75 Å². The van der Waals surface area contributed by atoms with Gasteiger partial charge in [-0.05, 0) is 30.2 Å². The van der Waals surface area contributed by atoms with E-state index in [4.69, 9.17) is 4.74 Å². The van der Waals surface area contributed by atoms with Crippen molar-refractivity contribution >= 4 is 15.9 Å². The molecule has 7 heteroatoms. The van der Waals surface area contributed by atoms with Crippen LogP contribution < -0.4 is 14.8 Å². The van der Waals surface area contributed by atoms with Gasteiger partial charge in [0, 0.05) is 24.1 Å². The summed E-state index contributed by atoms with van der Waals surface area (Å²) in [7, 11) is -3.18. The Bertz CT molecular complexity index is 879. The van der Waals surface area contributed by atoms with Crippen LogP contribution in [0.15, 0.2) is 48.5 Å². The van der Waals surface area contributed by atoms with Crippen molar-refractivity contribution in [2.75, 3.05) is 19.4 Å². The fourth-order valence-electron chi connectivity index (χ4n) is 2.94. The molecular weight excluding hydrogens is 352 g/mol. The molecule has 0 aromatic heterocycles. The number of para-hydroxylation sites is 1. The Kier molecular flexibility index (Phi) is 5.58. The molecule has 1 aliphatic rings. The number of nitrogens with one attached hydrogen (secondary N) is 2. The van der Waals surface area contributed by atoms with E-state index in [2.05, 4.69) is 10.0 Å². The molecule has 1 heterocycles. The van der Waals surface area contributed by atoms with Gasteiger partial charge in [-0.2, -0.15) is 0 Å². The molecule has 1 atom stereocenters. The van der Waals surface area contributed by atoms with Gasteiger partial charge < -0.3 is 10.1 Å². The minimum atomic E-state index is -3.18. The SMILES string of the molecule is CS(=O)(=O)NCCc1ccc(C(=O)N[C@@H]2CCOc3ccccc32)cc1. The Labute approximate surface area is 153 Å². The Morgan fingerprint density at radius 2 is 1.88 bits per heavy atom. The number of fused-ring (bicyclic) bond motifs is 1.